The number of pyridine rings is 1. The molecule has 0 amide bonds. The molecule has 88 valence electrons. The number of carbonyl (C=O) groups is 1. The second kappa shape index (κ2) is 5.20. The summed E-state index contributed by atoms with van der Waals surface area (Å²) in [6.07, 6.45) is -2.12. The molecule has 0 atom stereocenters. The Morgan fingerprint density at radius 1 is 1.62 bits per heavy atom. The molecule has 0 aliphatic heterocycles. The third-order valence-electron chi connectivity index (χ3n) is 1.93. The van der Waals surface area contributed by atoms with Gasteiger partial charge in [-0.15, -0.1) is 0 Å². The Balaban J connectivity index is 3.24. The van der Waals surface area contributed by atoms with Crippen LogP contribution >= 0.6 is 15.9 Å². The molecule has 0 unspecified atom stereocenters. The molecule has 1 N–H and O–H groups in total. The van der Waals surface area contributed by atoms with E-state index >= 15 is 0 Å². The predicted octanol–water partition coefficient (Wildman–Crippen LogP) is 1.79. The first-order valence-corrected chi connectivity index (χ1v) is 5.01. The minimum absolute atomic E-state index is 0.00332. The number of aromatic nitrogens is 1. The van der Waals surface area contributed by atoms with E-state index in [2.05, 4.69) is 25.7 Å². The third-order valence-corrected chi connectivity index (χ3v) is 2.52. The van der Waals surface area contributed by atoms with Crippen molar-refractivity contribution in [2.24, 2.45) is 0 Å². The standard InChI is InChI=1S/C9H8BrF2NO3/c1-16-6(14)2-5-7(9(11)12)8(15)4(10)3-13-5/h3,9H,2H2,1H3,(H,13,15). The van der Waals surface area contributed by atoms with Crippen molar-refractivity contribution in [2.45, 2.75) is 12.8 Å². The number of hydrogen-bond donors (Lipinski definition) is 1. The summed E-state index contributed by atoms with van der Waals surface area (Å²) in [6, 6.07) is 0. The van der Waals surface area contributed by atoms with Crippen molar-refractivity contribution in [1.29, 1.82) is 0 Å². The van der Waals surface area contributed by atoms with Crippen LogP contribution in [0.25, 0.3) is 0 Å². The molecule has 0 spiro atoms. The van der Waals surface area contributed by atoms with Crippen LogP contribution in [0.3, 0.4) is 0 Å². The number of ether oxygens (including phenoxy) is 1. The van der Waals surface area contributed by atoms with Crippen molar-refractivity contribution in [3.8, 4) is 0 Å². The molecule has 0 saturated carbocycles. The molecule has 0 aliphatic rings. The van der Waals surface area contributed by atoms with E-state index in [1.807, 2.05) is 0 Å². The minimum atomic E-state index is -2.94. The molecule has 0 radical (unpaired) electrons. The van der Waals surface area contributed by atoms with Gasteiger partial charge in [0.05, 0.1) is 23.6 Å². The number of nitrogens with one attached hydrogen (secondary N) is 1. The number of H-pyrrole nitrogens is 1. The topological polar surface area (TPSA) is 59.2 Å². The molecule has 1 aromatic rings. The first-order chi connectivity index (χ1) is 7.47. The first-order valence-electron chi connectivity index (χ1n) is 4.22. The van der Waals surface area contributed by atoms with E-state index in [0.29, 0.717) is 0 Å². The lowest BCUT2D eigenvalue weighted by Crippen LogP contribution is -2.18. The van der Waals surface area contributed by atoms with Gasteiger partial charge >= 0.3 is 5.97 Å². The summed E-state index contributed by atoms with van der Waals surface area (Å²) >= 11 is 2.84. The Morgan fingerprint density at radius 3 is 2.75 bits per heavy atom. The van der Waals surface area contributed by atoms with Gasteiger partial charge in [-0.25, -0.2) is 8.78 Å². The number of halogens is 3. The monoisotopic (exact) mass is 295 g/mol. The summed E-state index contributed by atoms with van der Waals surface area (Å²) in [6.45, 7) is 0. The highest BCUT2D eigenvalue weighted by Crippen LogP contribution is 2.20. The summed E-state index contributed by atoms with van der Waals surface area (Å²) in [5.41, 5.74) is -1.66. The maximum Gasteiger partial charge on any atom is 0.311 e. The Kier molecular flexibility index (Phi) is 4.17. The van der Waals surface area contributed by atoms with Crippen molar-refractivity contribution in [1.82, 2.24) is 4.98 Å². The summed E-state index contributed by atoms with van der Waals surface area (Å²) < 4.78 is 29.6. The summed E-state index contributed by atoms with van der Waals surface area (Å²) in [5, 5.41) is 0. The van der Waals surface area contributed by atoms with Gasteiger partial charge in [0.25, 0.3) is 6.43 Å². The molecule has 1 heterocycles. The molecule has 1 rings (SSSR count). The quantitative estimate of drug-likeness (QED) is 0.865. The molecule has 0 bridgehead atoms. The van der Waals surface area contributed by atoms with Gasteiger partial charge in [-0.05, 0) is 15.9 Å². The highest BCUT2D eigenvalue weighted by atomic mass is 79.9. The van der Waals surface area contributed by atoms with Crippen molar-refractivity contribution in [3.05, 3.63) is 32.2 Å². The maximum absolute atomic E-state index is 12.6. The van der Waals surface area contributed by atoms with E-state index in [1.165, 1.54) is 6.20 Å². The second-order valence-corrected chi connectivity index (χ2v) is 3.77. The predicted molar refractivity (Wildman–Crippen MR) is 55.4 cm³/mol. The average Bonchev–Trinajstić information content (AvgIpc) is 2.23. The molecule has 4 nitrogen and oxygen atoms in total. The molecule has 7 heteroatoms. The maximum atomic E-state index is 12.6. The van der Waals surface area contributed by atoms with Crippen molar-refractivity contribution < 1.29 is 18.3 Å². The summed E-state index contributed by atoms with van der Waals surface area (Å²) in [5.74, 6) is -0.695. The SMILES string of the molecule is COC(=O)Cc1[nH]cc(Br)c(=O)c1C(F)F. The van der Waals surface area contributed by atoms with E-state index in [-0.39, 0.29) is 10.2 Å². The van der Waals surface area contributed by atoms with Crippen LogP contribution in [0.5, 0.6) is 0 Å². The van der Waals surface area contributed by atoms with Gasteiger partial charge in [0.15, 0.2) is 0 Å². The number of carbonyl (C=O) groups excluding carboxylic acids is 1. The Morgan fingerprint density at radius 2 is 2.25 bits per heavy atom. The largest absolute Gasteiger partial charge is 0.469 e. The van der Waals surface area contributed by atoms with Gasteiger partial charge in [0, 0.05) is 11.9 Å². The zero-order valence-corrected chi connectivity index (χ0v) is 9.81. The van der Waals surface area contributed by atoms with Crippen molar-refractivity contribution in [3.63, 3.8) is 0 Å². The van der Waals surface area contributed by atoms with Crippen LogP contribution in [-0.4, -0.2) is 18.1 Å². The zero-order valence-electron chi connectivity index (χ0n) is 8.22. The number of rotatable bonds is 3. The van der Waals surface area contributed by atoms with Gasteiger partial charge in [0.2, 0.25) is 5.43 Å². The summed E-state index contributed by atoms with van der Waals surface area (Å²) in [4.78, 5) is 24.8. The van der Waals surface area contributed by atoms with Crippen LogP contribution in [0, 0.1) is 0 Å². The fourth-order valence-corrected chi connectivity index (χ4v) is 1.48. The van der Waals surface area contributed by atoms with Crippen molar-refractivity contribution in [2.75, 3.05) is 7.11 Å². The Hall–Kier alpha value is -1.24. The molecule has 0 aliphatic carbocycles. The lowest BCUT2D eigenvalue weighted by atomic mass is 10.1. The van der Waals surface area contributed by atoms with E-state index in [9.17, 15) is 18.4 Å². The minimum Gasteiger partial charge on any atom is -0.469 e. The van der Waals surface area contributed by atoms with E-state index in [0.717, 1.165) is 7.11 Å². The molecule has 16 heavy (non-hydrogen) atoms. The van der Waals surface area contributed by atoms with E-state index in [1.54, 1.807) is 0 Å². The van der Waals surface area contributed by atoms with Gasteiger partial charge in [-0.1, -0.05) is 0 Å². The van der Waals surface area contributed by atoms with E-state index < -0.39 is 29.8 Å². The Bertz CT molecular complexity index is 459. The Labute approximate surface area is 97.7 Å². The zero-order chi connectivity index (χ0) is 12.3. The number of methoxy groups -OCH3 is 1. The smallest absolute Gasteiger partial charge is 0.311 e. The third kappa shape index (κ3) is 2.66. The lowest BCUT2D eigenvalue weighted by Gasteiger charge is -2.07. The van der Waals surface area contributed by atoms with Gasteiger partial charge in [0.1, 0.15) is 0 Å². The van der Waals surface area contributed by atoms with Crippen LogP contribution in [0.15, 0.2) is 15.5 Å². The number of aromatic amines is 1. The highest BCUT2D eigenvalue weighted by Gasteiger charge is 2.21. The molecule has 1 aromatic heterocycles. The fraction of sp³-hybridized carbons (Fsp3) is 0.333. The van der Waals surface area contributed by atoms with E-state index in [4.69, 9.17) is 0 Å². The average molecular weight is 296 g/mol. The van der Waals surface area contributed by atoms with Gasteiger partial charge in [-0.3, -0.25) is 9.59 Å². The van der Waals surface area contributed by atoms with Crippen LogP contribution < -0.4 is 5.43 Å². The highest BCUT2D eigenvalue weighted by molar-refractivity contribution is 9.10. The second-order valence-electron chi connectivity index (χ2n) is 2.91. The lowest BCUT2D eigenvalue weighted by molar-refractivity contribution is -0.139. The van der Waals surface area contributed by atoms with Crippen LogP contribution in [-0.2, 0) is 16.0 Å². The first kappa shape index (κ1) is 12.8. The molecular weight excluding hydrogens is 288 g/mol. The van der Waals surface area contributed by atoms with Crippen LogP contribution in [0.1, 0.15) is 17.7 Å². The number of hydrogen-bond acceptors (Lipinski definition) is 3. The van der Waals surface area contributed by atoms with Crippen molar-refractivity contribution >= 4 is 21.9 Å². The number of alkyl halides is 2. The normalized spacial score (nSPS) is 10.6. The van der Waals surface area contributed by atoms with Crippen LogP contribution in [0.4, 0.5) is 8.78 Å². The number of esters is 1. The van der Waals surface area contributed by atoms with Gasteiger partial charge in [-0.2, -0.15) is 0 Å². The summed E-state index contributed by atoms with van der Waals surface area (Å²) in [7, 11) is 1.14. The molecule has 0 aromatic carbocycles. The molecule has 0 fully saturated rings. The molecular formula is C9H8BrF2NO3. The molecule has 0 saturated heterocycles. The fourth-order valence-electron chi connectivity index (χ4n) is 1.15. The van der Waals surface area contributed by atoms with Crippen LogP contribution in [0.2, 0.25) is 0 Å². The van der Waals surface area contributed by atoms with Gasteiger partial charge < -0.3 is 9.72 Å².